The Bertz CT molecular complexity index is 552. The van der Waals surface area contributed by atoms with Crippen molar-refractivity contribution in [1.29, 1.82) is 0 Å². The third-order valence-electron chi connectivity index (χ3n) is 2.50. The average Bonchev–Trinajstić information content (AvgIpc) is 2.77. The lowest BCUT2D eigenvalue weighted by molar-refractivity contribution is -0.135. The van der Waals surface area contributed by atoms with Crippen molar-refractivity contribution in [3.63, 3.8) is 0 Å². The first-order chi connectivity index (χ1) is 7.72. The van der Waals surface area contributed by atoms with Gasteiger partial charge in [-0.15, -0.1) is 0 Å². The number of esters is 1. The highest BCUT2D eigenvalue weighted by Gasteiger charge is 2.05. The molecule has 0 aliphatic carbocycles. The number of aromatic amines is 1. The first kappa shape index (κ1) is 10.5. The number of para-hydroxylation sites is 1. The highest BCUT2D eigenvalue weighted by Crippen LogP contribution is 2.19. The standard InChI is InChI=1S/C13H13NO2/c1-9(13(15)16-2)8-11-5-3-4-10-6-7-14-12(10)11/h3-8,14H,1-2H3/b9-8+. The maximum Gasteiger partial charge on any atom is 0.333 e. The van der Waals surface area contributed by atoms with Crippen LogP contribution in [0.4, 0.5) is 0 Å². The number of hydrogen-bond donors (Lipinski definition) is 1. The molecule has 0 atom stereocenters. The van der Waals surface area contributed by atoms with Gasteiger partial charge in [0, 0.05) is 11.8 Å². The number of carbonyl (C=O) groups excluding carboxylic acids is 1. The zero-order chi connectivity index (χ0) is 11.5. The van der Waals surface area contributed by atoms with E-state index in [0.717, 1.165) is 16.5 Å². The van der Waals surface area contributed by atoms with Gasteiger partial charge in [-0.05, 0) is 30.0 Å². The number of carbonyl (C=O) groups is 1. The molecule has 2 rings (SSSR count). The van der Waals surface area contributed by atoms with Crippen LogP contribution in [0.15, 0.2) is 36.0 Å². The fourth-order valence-electron chi connectivity index (χ4n) is 1.68. The Morgan fingerprint density at radius 2 is 2.19 bits per heavy atom. The van der Waals surface area contributed by atoms with Gasteiger partial charge in [-0.1, -0.05) is 18.2 Å². The van der Waals surface area contributed by atoms with Crippen LogP contribution >= 0.6 is 0 Å². The zero-order valence-corrected chi connectivity index (χ0v) is 9.28. The second kappa shape index (κ2) is 4.23. The van der Waals surface area contributed by atoms with E-state index in [0.29, 0.717) is 5.57 Å². The van der Waals surface area contributed by atoms with Crippen molar-refractivity contribution in [2.24, 2.45) is 0 Å². The maximum absolute atomic E-state index is 11.3. The van der Waals surface area contributed by atoms with Crippen molar-refractivity contribution < 1.29 is 9.53 Å². The number of methoxy groups -OCH3 is 1. The molecule has 0 aliphatic rings. The molecule has 0 amide bonds. The van der Waals surface area contributed by atoms with Gasteiger partial charge in [-0.2, -0.15) is 0 Å². The Morgan fingerprint density at radius 1 is 1.38 bits per heavy atom. The Labute approximate surface area is 93.7 Å². The number of rotatable bonds is 2. The Morgan fingerprint density at radius 3 is 2.94 bits per heavy atom. The van der Waals surface area contributed by atoms with Gasteiger partial charge in [-0.25, -0.2) is 4.79 Å². The Kier molecular flexibility index (Phi) is 2.77. The summed E-state index contributed by atoms with van der Waals surface area (Å²) in [7, 11) is 1.38. The Hall–Kier alpha value is -2.03. The molecule has 0 saturated carbocycles. The van der Waals surface area contributed by atoms with Crippen molar-refractivity contribution in [2.45, 2.75) is 6.92 Å². The lowest BCUT2D eigenvalue weighted by Gasteiger charge is -2.00. The largest absolute Gasteiger partial charge is 0.466 e. The van der Waals surface area contributed by atoms with E-state index < -0.39 is 0 Å². The fraction of sp³-hybridized carbons (Fsp3) is 0.154. The van der Waals surface area contributed by atoms with E-state index in [-0.39, 0.29) is 5.97 Å². The molecule has 2 aromatic rings. The minimum atomic E-state index is -0.302. The van der Waals surface area contributed by atoms with E-state index >= 15 is 0 Å². The van der Waals surface area contributed by atoms with Crippen LogP contribution in [0.2, 0.25) is 0 Å². The van der Waals surface area contributed by atoms with Crippen LogP contribution in [-0.4, -0.2) is 18.1 Å². The molecule has 1 heterocycles. The molecule has 16 heavy (non-hydrogen) atoms. The normalized spacial score (nSPS) is 11.8. The highest BCUT2D eigenvalue weighted by atomic mass is 16.5. The minimum absolute atomic E-state index is 0.302. The van der Waals surface area contributed by atoms with Crippen molar-refractivity contribution in [1.82, 2.24) is 4.98 Å². The summed E-state index contributed by atoms with van der Waals surface area (Å²) in [6.07, 6.45) is 3.71. The van der Waals surface area contributed by atoms with E-state index in [2.05, 4.69) is 9.72 Å². The molecule has 82 valence electrons. The predicted molar refractivity (Wildman–Crippen MR) is 64.0 cm³/mol. The quantitative estimate of drug-likeness (QED) is 0.618. The van der Waals surface area contributed by atoms with Gasteiger partial charge in [0.15, 0.2) is 0 Å². The summed E-state index contributed by atoms with van der Waals surface area (Å²) < 4.78 is 4.66. The molecule has 1 aromatic carbocycles. The number of H-pyrrole nitrogens is 1. The second-order valence-electron chi connectivity index (χ2n) is 3.61. The van der Waals surface area contributed by atoms with Crippen molar-refractivity contribution in [3.05, 3.63) is 41.6 Å². The van der Waals surface area contributed by atoms with E-state index in [1.165, 1.54) is 7.11 Å². The van der Waals surface area contributed by atoms with Crippen LogP contribution in [0, 0.1) is 0 Å². The topological polar surface area (TPSA) is 42.1 Å². The van der Waals surface area contributed by atoms with Crippen molar-refractivity contribution >= 4 is 22.9 Å². The average molecular weight is 215 g/mol. The first-order valence-corrected chi connectivity index (χ1v) is 5.05. The van der Waals surface area contributed by atoms with E-state index in [1.54, 1.807) is 6.92 Å². The number of nitrogens with one attached hydrogen (secondary N) is 1. The summed E-state index contributed by atoms with van der Waals surface area (Å²) >= 11 is 0. The highest BCUT2D eigenvalue weighted by molar-refractivity contribution is 5.96. The van der Waals surface area contributed by atoms with Gasteiger partial charge in [-0.3, -0.25) is 0 Å². The van der Waals surface area contributed by atoms with E-state index in [1.807, 2.05) is 36.5 Å². The smallest absolute Gasteiger partial charge is 0.333 e. The molecule has 0 radical (unpaired) electrons. The molecule has 0 aliphatic heterocycles. The van der Waals surface area contributed by atoms with Crippen LogP contribution in [0.3, 0.4) is 0 Å². The Balaban J connectivity index is 2.48. The van der Waals surface area contributed by atoms with Crippen LogP contribution in [0.25, 0.3) is 17.0 Å². The number of aromatic nitrogens is 1. The van der Waals surface area contributed by atoms with E-state index in [4.69, 9.17) is 0 Å². The first-order valence-electron chi connectivity index (χ1n) is 5.05. The third-order valence-corrected chi connectivity index (χ3v) is 2.50. The number of hydrogen-bond acceptors (Lipinski definition) is 2. The van der Waals surface area contributed by atoms with Gasteiger partial charge in [0.05, 0.1) is 12.6 Å². The summed E-state index contributed by atoms with van der Waals surface area (Å²) in [6.45, 7) is 1.74. The number of fused-ring (bicyclic) bond motifs is 1. The summed E-state index contributed by atoms with van der Waals surface area (Å²) in [5, 5.41) is 1.13. The van der Waals surface area contributed by atoms with Gasteiger partial charge in [0.25, 0.3) is 0 Å². The summed E-state index contributed by atoms with van der Waals surface area (Å²) in [5.41, 5.74) is 2.61. The molecule has 1 aromatic heterocycles. The molecule has 0 fully saturated rings. The van der Waals surface area contributed by atoms with Crippen LogP contribution < -0.4 is 0 Å². The molecular weight excluding hydrogens is 202 g/mol. The third kappa shape index (κ3) is 1.84. The second-order valence-corrected chi connectivity index (χ2v) is 3.61. The van der Waals surface area contributed by atoms with Gasteiger partial charge < -0.3 is 9.72 Å². The minimum Gasteiger partial charge on any atom is -0.466 e. The van der Waals surface area contributed by atoms with Gasteiger partial charge >= 0.3 is 5.97 Å². The number of ether oxygens (including phenoxy) is 1. The van der Waals surface area contributed by atoms with Crippen LogP contribution in [0.1, 0.15) is 12.5 Å². The summed E-state index contributed by atoms with van der Waals surface area (Å²) in [6, 6.07) is 7.95. The number of benzene rings is 1. The molecule has 3 heteroatoms. The monoisotopic (exact) mass is 215 g/mol. The molecule has 3 nitrogen and oxygen atoms in total. The lowest BCUT2D eigenvalue weighted by Crippen LogP contribution is -2.01. The maximum atomic E-state index is 11.3. The van der Waals surface area contributed by atoms with Crippen LogP contribution in [0.5, 0.6) is 0 Å². The summed E-state index contributed by atoms with van der Waals surface area (Å²) in [4.78, 5) is 14.4. The SMILES string of the molecule is COC(=O)/C(C)=C/c1cccc2cc[nH]c12. The van der Waals surface area contributed by atoms with Crippen LogP contribution in [-0.2, 0) is 9.53 Å². The molecule has 0 spiro atoms. The predicted octanol–water partition coefficient (Wildman–Crippen LogP) is 2.74. The lowest BCUT2D eigenvalue weighted by atomic mass is 10.1. The molecular formula is C13H13NO2. The van der Waals surface area contributed by atoms with E-state index in [9.17, 15) is 4.79 Å². The van der Waals surface area contributed by atoms with Crippen molar-refractivity contribution in [3.8, 4) is 0 Å². The van der Waals surface area contributed by atoms with Gasteiger partial charge in [0.1, 0.15) is 0 Å². The zero-order valence-electron chi connectivity index (χ0n) is 9.28. The fourth-order valence-corrected chi connectivity index (χ4v) is 1.68. The summed E-state index contributed by atoms with van der Waals surface area (Å²) in [5.74, 6) is -0.302. The molecule has 0 bridgehead atoms. The van der Waals surface area contributed by atoms with Crippen molar-refractivity contribution in [2.75, 3.05) is 7.11 Å². The van der Waals surface area contributed by atoms with Gasteiger partial charge in [0.2, 0.25) is 0 Å². The molecule has 0 saturated heterocycles. The molecule has 1 N–H and O–H groups in total. The molecule has 0 unspecified atom stereocenters.